The molecule has 0 bridgehead atoms. The Kier molecular flexibility index (Phi) is 5.61. The molecule has 2 rings (SSSR count). The van der Waals surface area contributed by atoms with Crippen molar-refractivity contribution in [2.75, 3.05) is 23.4 Å². The van der Waals surface area contributed by atoms with Crippen molar-refractivity contribution in [3.05, 3.63) is 27.7 Å². The molecule has 1 aromatic carbocycles. The van der Waals surface area contributed by atoms with Gasteiger partial charge in [-0.25, -0.2) is 9.59 Å². The van der Waals surface area contributed by atoms with Gasteiger partial charge in [0.05, 0.1) is 21.3 Å². The Bertz CT molecular complexity index is 539. The lowest BCUT2D eigenvalue weighted by atomic mass is 10.1. The van der Waals surface area contributed by atoms with E-state index in [1.807, 2.05) is 11.8 Å². The Morgan fingerprint density at radius 3 is 2.52 bits per heavy atom. The minimum absolute atomic E-state index is 0.0288. The molecule has 0 radical (unpaired) electrons. The number of benzene rings is 1. The lowest BCUT2D eigenvalue weighted by Gasteiger charge is -2.13. The molecule has 1 atom stereocenters. The number of thioether (sulfide) groups is 1. The molecule has 0 aromatic heterocycles. The Morgan fingerprint density at radius 1 is 1.33 bits per heavy atom. The summed E-state index contributed by atoms with van der Waals surface area (Å²) in [5.41, 5.74) is 0.181. The van der Waals surface area contributed by atoms with Crippen LogP contribution in [-0.4, -0.2) is 35.2 Å². The number of carboxylic acids is 1. The fourth-order valence-corrected chi connectivity index (χ4v) is 3.82. The maximum absolute atomic E-state index is 11.8. The molecule has 0 spiro atoms. The Hall–Kier alpha value is -1.11. The molecule has 2 amide bonds. The molecule has 8 heteroatoms. The van der Waals surface area contributed by atoms with E-state index in [9.17, 15) is 9.59 Å². The first-order chi connectivity index (χ1) is 9.97. The zero-order valence-corrected chi connectivity index (χ0v) is 13.3. The minimum atomic E-state index is -1.13. The second kappa shape index (κ2) is 7.24. The summed E-state index contributed by atoms with van der Waals surface area (Å²) < 4.78 is 0. The van der Waals surface area contributed by atoms with Crippen LogP contribution in [0.3, 0.4) is 0 Å². The lowest BCUT2D eigenvalue weighted by Crippen LogP contribution is -2.33. The van der Waals surface area contributed by atoms with Crippen molar-refractivity contribution in [3.8, 4) is 0 Å². The van der Waals surface area contributed by atoms with E-state index in [2.05, 4.69) is 10.6 Å². The average molecular weight is 349 g/mol. The normalized spacial score (nSPS) is 17.5. The molecule has 21 heavy (non-hydrogen) atoms. The first kappa shape index (κ1) is 16.3. The van der Waals surface area contributed by atoms with Gasteiger partial charge in [0.2, 0.25) is 0 Å². The van der Waals surface area contributed by atoms with Crippen LogP contribution in [0.1, 0.15) is 16.8 Å². The van der Waals surface area contributed by atoms with Gasteiger partial charge in [-0.15, -0.1) is 0 Å². The predicted octanol–water partition coefficient (Wildman–Crippen LogP) is 3.57. The van der Waals surface area contributed by atoms with Crippen molar-refractivity contribution in [1.82, 2.24) is 5.32 Å². The largest absolute Gasteiger partial charge is 0.478 e. The number of rotatable bonds is 4. The summed E-state index contributed by atoms with van der Waals surface area (Å²) in [6.45, 7) is 0.598. The van der Waals surface area contributed by atoms with Gasteiger partial charge in [0.1, 0.15) is 0 Å². The van der Waals surface area contributed by atoms with Gasteiger partial charge in [0.15, 0.2) is 0 Å². The fourth-order valence-electron chi connectivity index (χ4n) is 1.96. The van der Waals surface area contributed by atoms with Crippen LogP contribution in [0.5, 0.6) is 0 Å². The molecule has 0 saturated carbocycles. The van der Waals surface area contributed by atoms with Crippen molar-refractivity contribution in [3.63, 3.8) is 0 Å². The SMILES string of the molecule is O=C(NCC1CCSC1)Nc1c(Cl)cc(C(=O)O)cc1Cl. The number of nitrogens with one attached hydrogen (secondary N) is 2. The summed E-state index contributed by atoms with van der Waals surface area (Å²) in [6.07, 6.45) is 1.10. The highest BCUT2D eigenvalue weighted by Gasteiger charge is 2.18. The van der Waals surface area contributed by atoms with Gasteiger partial charge in [-0.05, 0) is 36.0 Å². The van der Waals surface area contributed by atoms with Crippen LogP contribution < -0.4 is 10.6 Å². The van der Waals surface area contributed by atoms with Gasteiger partial charge in [0, 0.05) is 6.54 Å². The summed E-state index contributed by atoms with van der Waals surface area (Å²) in [6, 6.07) is 2.09. The molecule has 0 aliphatic carbocycles. The van der Waals surface area contributed by atoms with E-state index in [0.29, 0.717) is 12.5 Å². The number of anilines is 1. The van der Waals surface area contributed by atoms with Crippen molar-refractivity contribution in [1.29, 1.82) is 0 Å². The third-order valence-electron chi connectivity index (χ3n) is 3.10. The first-order valence-electron chi connectivity index (χ1n) is 6.32. The average Bonchev–Trinajstić information content (AvgIpc) is 2.93. The highest BCUT2D eigenvalue weighted by atomic mass is 35.5. The Balaban J connectivity index is 1.98. The number of carbonyl (C=O) groups is 2. The molecule has 1 saturated heterocycles. The third kappa shape index (κ3) is 4.43. The minimum Gasteiger partial charge on any atom is -0.478 e. The van der Waals surface area contributed by atoms with Crippen LogP contribution >= 0.6 is 35.0 Å². The standard InChI is InChI=1S/C13H14Cl2N2O3S/c14-9-3-8(12(18)19)4-10(15)11(9)17-13(20)16-5-7-1-2-21-6-7/h3-4,7H,1-2,5-6H2,(H,18,19)(H2,16,17,20). The van der Waals surface area contributed by atoms with Crippen molar-refractivity contribution in [2.45, 2.75) is 6.42 Å². The second-order valence-electron chi connectivity index (χ2n) is 4.68. The molecule has 114 valence electrons. The van der Waals surface area contributed by atoms with Crippen LogP contribution in [-0.2, 0) is 0 Å². The first-order valence-corrected chi connectivity index (χ1v) is 8.23. The number of amides is 2. The molecule has 1 aliphatic heterocycles. The number of hydrogen-bond acceptors (Lipinski definition) is 3. The number of carboxylic acid groups (broad SMARTS) is 1. The third-order valence-corrected chi connectivity index (χ3v) is 4.93. The summed E-state index contributed by atoms with van der Waals surface area (Å²) in [5, 5.41) is 14.4. The van der Waals surface area contributed by atoms with Gasteiger partial charge in [-0.1, -0.05) is 23.2 Å². The summed E-state index contributed by atoms with van der Waals surface area (Å²) in [4.78, 5) is 22.7. The highest BCUT2D eigenvalue weighted by molar-refractivity contribution is 7.99. The number of urea groups is 1. The van der Waals surface area contributed by atoms with Crippen LogP contribution in [0.4, 0.5) is 10.5 Å². The van der Waals surface area contributed by atoms with E-state index in [0.717, 1.165) is 17.9 Å². The Morgan fingerprint density at radius 2 is 2.00 bits per heavy atom. The summed E-state index contributed by atoms with van der Waals surface area (Å²) in [7, 11) is 0. The fraction of sp³-hybridized carbons (Fsp3) is 0.385. The van der Waals surface area contributed by atoms with E-state index < -0.39 is 12.0 Å². The van der Waals surface area contributed by atoms with Crippen molar-refractivity contribution >= 4 is 52.7 Å². The van der Waals surface area contributed by atoms with Gasteiger partial charge in [-0.3, -0.25) is 0 Å². The van der Waals surface area contributed by atoms with Gasteiger partial charge < -0.3 is 15.7 Å². The zero-order chi connectivity index (χ0) is 15.4. The van der Waals surface area contributed by atoms with Crippen LogP contribution in [0, 0.1) is 5.92 Å². The van der Waals surface area contributed by atoms with Crippen LogP contribution in [0.2, 0.25) is 10.0 Å². The number of hydrogen-bond donors (Lipinski definition) is 3. The molecule has 5 nitrogen and oxygen atoms in total. The summed E-state index contributed by atoms with van der Waals surface area (Å²) >= 11 is 13.8. The van der Waals surface area contributed by atoms with E-state index in [-0.39, 0.29) is 21.3 Å². The Labute approximate surface area is 136 Å². The predicted molar refractivity (Wildman–Crippen MR) is 85.9 cm³/mol. The molecule has 3 N–H and O–H groups in total. The van der Waals surface area contributed by atoms with Crippen molar-refractivity contribution < 1.29 is 14.7 Å². The molecule has 1 unspecified atom stereocenters. The molecule has 1 heterocycles. The quantitative estimate of drug-likeness (QED) is 0.777. The van der Waals surface area contributed by atoms with Gasteiger partial charge >= 0.3 is 12.0 Å². The highest BCUT2D eigenvalue weighted by Crippen LogP contribution is 2.32. The maximum atomic E-state index is 11.8. The van der Waals surface area contributed by atoms with E-state index in [4.69, 9.17) is 28.3 Å². The lowest BCUT2D eigenvalue weighted by molar-refractivity contribution is 0.0697. The van der Waals surface area contributed by atoms with Crippen LogP contribution in [0.15, 0.2) is 12.1 Å². The van der Waals surface area contributed by atoms with E-state index >= 15 is 0 Å². The van der Waals surface area contributed by atoms with Gasteiger partial charge in [-0.2, -0.15) is 11.8 Å². The molecule has 1 aromatic rings. The zero-order valence-electron chi connectivity index (χ0n) is 11.0. The number of aromatic carboxylic acids is 1. The maximum Gasteiger partial charge on any atom is 0.335 e. The van der Waals surface area contributed by atoms with Gasteiger partial charge in [0.25, 0.3) is 0 Å². The molecule has 1 fully saturated rings. The number of halogens is 2. The number of carbonyl (C=O) groups excluding carboxylic acids is 1. The topological polar surface area (TPSA) is 78.4 Å². The monoisotopic (exact) mass is 348 g/mol. The van der Waals surface area contributed by atoms with E-state index in [1.54, 1.807) is 0 Å². The molecule has 1 aliphatic rings. The van der Waals surface area contributed by atoms with E-state index in [1.165, 1.54) is 12.1 Å². The smallest absolute Gasteiger partial charge is 0.335 e. The molecular weight excluding hydrogens is 335 g/mol. The molecular formula is C13H14Cl2N2O3S. The summed E-state index contributed by atoms with van der Waals surface area (Å²) in [5.74, 6) is 1.53. The van der Waals surface area contributed by atoms with Crippen molar-refractivity contribution in [2.24, 2.45) is 5.92 Å². The van der Waals surface area contributed by atoms with Crippen LogP contribution in [0.25, 0.3) is 0 Å². The second-order valence-corrected chi connectivity index (χ2v) is 6.65.